The number of morpholine rings is 1. The van der Waals surface area contributed by atoms with Crippen molar-refractivity contribution in [2.75, 3.05) is 46.5 Å². The van der Waals surface area contributed by atoms with Crippen LogP contribution in [0.4, 0.5) is 0 Å². The second kappa shape index (κ2) is 12.3. The Bertz CT molecular complexity index is 847. The van der Waals surface area contributed by atoms with Crippen LogP contribution in [0.5, 0.6) is 5.75 Å². The van der Waals surface area contributed by atoms with Crippen LogP contribution < -0.4 is 15.4 Å². The van der Waals surface area contributed by atoms with E-state index in [1.165, 1.54) is 22.3 Å². The lowest BCUT2D eigenvalue weighted by molar-refractivity contribution is 0.0342. The Hall–Kier alpha value is -2.57. The predicted molar refractivity (Wildman–Crippen MR) is 127 cm³/mol. The van der Waals surface area contributed by atoms with E-state index in [4.69, 9.17) is 14.5 Å². The molecule has 0 aliphatic carbocycles. The summed E-state index contributed by atoms with van der Waals surface area (Å²) < 4.78 is 10.9. The van der Waals surface area contributed by atoms with Crippen molar-refractivity contribution in [3.8, 4) is 5.75 Å². The summed E-state index contributed by atoms with van der Waals surface area (Å²) >= 11 is 0. The first-order valence-electron chi connectivity index (χ1n) is 11.2. The lowest BCUT2D eigenvalue weighted by Crippen LogP contribution is -2.38. The van der Waals surface area contributed by atoms with Gasteiger partial charge in [0.05, 0.1) is 26.9 Å². The van der Waals surface area contributed by atoms with E-state index < -0.39 is 0 Å². The number of aliphatic imine (C=N–C) groups is 1. The Morgan fingerprint density at radius 1 is 1.10 bits per heavy atom. The number of nitrogens with zero attached hydrogens (tertiary/aromatic N) is 2. The van der Waals surface area contributed by atoms with Gasteiger partial charge in [-0.15, -0.1) is 0 Å². The number of aryl methyl sites for hydroxylation is 1. The van der Waals surface area contributed by atoms with Crippen LogP contribution >= 0.6 is 0 Å². The fourth-order valence-electron chi connectivity index (χ4n) is 3.77. The molecular weight excluding hydrogens is 388 g/mol. The average Bonchev–Trinajstić information content (AvgIpc) is 2.78. The van der Waals surface area contributed by atoms with Crippen molar-refractivity contribution in [1.82, 2.24) is 15.5 Å². The van der Waals surface area contributed by atoms with E-state index in [-0.39, 0.29) is 0 Å². The van der Waals surface area contributed by atoms with Crippen molar-refractivity contribution in [2.24, 2.45) is 4.99 Å². The third kappa shape index (κ3) is 7.56. The van der Waals surface area contributed by atoms with Gasteiger partial charge in [-0.25, -0.2) is 4.99 Å². The summed E-state index contributed by atoms with van der Waals surface area (Å²) in [6.45, 7) is 11.1. The van der Waals surface area contributed by atoms with Crippen LogP contribution in [0.25, 0.3) is 0 Å². The van der Waals surface area contributed by atoms with Crippen LogP contribution in [0.1, 0.15) is 29.2 Å². The molecule has 1 aliphatic heterocycles. The molecule has 1 saturated heterocycles. The topological polar surface area (TPSA) is 58.1 Å². The molecule has 2 N–H and O–H groups in total. The van der Waals surface area contributed by atoms with Crippen LogP contribution in [0, 0.1) is 6.92 Å². The van der Waals surface area contributed by atoms with Crippen LogP contribution in [-0.2, 0) is 24.2 Å². The quantitative estimate of drug-likeness (QED) is 0.478. The first-order valence-corrected chi connectivity index (χ1v) is 11.2. The van der Waals surface area contributed by atoms with Gasteiger partial charge in [0.15, 0.2) is 5.96 Å². The van der Waals surface area contributed by atoms with Gasteiger partial charge in [-0.3, -0.25) is 4.90 Å². The molecule has 0 saturated carbocycles. The van der Waals surface area contributed by atoms with Gasteiger partial charge in [0.1, 0.15) is 5.75 Å². The summed E-state index contributed by atoms with van der Waals surface area (Å²) in [5.41, 5.74) is 5.01. The van der Waals surface area contributed by atoms with Crippen molar-refractivity contribution < 1.29 is 9.47 Å². The standard InChI is InChI=1S/C25H36N4O2/c1-4-26-25(27-11-10-23-16-20(2)8-9-24(23)30-3)28-18-21-6-5-7-22(17-21)19-29-12-14-31-15-13-29/h5-9,16-17H,4,10-15,18-19H2,1-3H3,(H2,26,27,28). The predicted octanol–water partition coefficient (Wildman–Crippen LogP) is 3.13. The van der Waals surface area contributed by atoms with Gasteiger partial charge in [0, 0.05) is 32.7 Å². The van der Waals surface area contributed by atoms with Gasteiger partial charge in [-0.05, 0) is 43.0 Å². The van der Waals surface area contributed by atoms with Crippen molar-refractivity contribution in [1.29, 1.82) is 0 Å². The van der Waals surface area contributed by atoms with Crippen LogP contribution in [0.2, 0.25) is 0 Å². The molecule has 0 atom stereocenters. The second-order valence-electron chi connectivity index (χ2n) is 7.90. The fraction of sp³-hybridized carbons (Fsp3) is 0.480. The normalized spacial score (nSPS) is 15.0. The third-order valence-electron chi connectivity index (χ3n) is 5.39. The maximum absolute atomic E-state index is 5.49. The van der Waals surface area contributed by atoms with Crippen LogP contribution in [-0.4, -0.2) is 57.4 Å². The van der Waals surface area contributed by atoms with Gasteiger partial charge in [0.2, 0.25) is 0 Å². The zero-order valence-corrected chi connectivity index (χ0v) is 19.1. The van der Waals surface area contributed by atoms with Crippen molar-refractivity contribution in [3.63, 3.8) is 0 Å². The lowest BCUT2D eigenvalue weighted by Gasteiger charge is -2.26. The molecular formula is C25H36N4O2. The Morgan fingerprint density at radius 2 is 1.90 bits per heavy atom. The molecule has 1 fully saturated rings. The fourth-order valence-corrected chi connectivity index (χ4v) is 3.77. The molecule has 0 bridgehead atoms. The van der Waals surface area contributed by atoms with Crippen molar-refractivity contribution in [3.05, 3.63) is 64.7 Å². The number of hydrogen-bond acceptors (Lipinski definition) is 4. The minimum absolute atomic E-state index is 0.653. The molecule has 1 aliphatic rings. The third-order valence-corrected chi connectivity index (χ3v) is 5.39. The number of methoxy groups -OCH3 is 1. The van der Waals surface area contributed by atoms with Crippen LogP contribution in [0.3, 0.4) is 0 Å². The highest BCUT2D eigenvalue weighted by molar-refractivity contribution is 5.79. The highest BCUT2D eigenvalue weighted by atomic mass is 16.5. The van der Waals surface area contributed by atoms with Gasteiger partial charge in [-0.1, -0.05) is 42.0 Å². The van der Waals surface area contributed by atoms with Crippen molar-refractivity contribution in [2.45, 2.75) is 33.4 Å². The van der Waals surface area contributed by atoms with Crippen molar-refractivity contribution >= 4 is 5.96 Å². The first-order chi connectivity index (χ1) is 15.2. The van der Waals surface area contributed by atoms with E-state index in [9.17, 15) is 0 Å². The SMILES string of the molecule is CCNC(=NCc1cccc(CN2CCOCC2)c1)NCCc1cc(C)ccc1OC. The molecule has 2 aromatic carbocycles. The molecule has 6 nitrogen and oxygen atoms in total. The van der Waals surface area contributed by atoms with Gasteiger partial charge < -0.3 is 20.1 Å². The van der Waals surface area contributed by atoms with Crippen LogP contribution in [0.15, 0.2) is 47.5 Å². The largest absolute Gasteiger partial charge is 0.496 e. The van der Waals surface area contributed by atoms with E-state index in [1.54, 1.807) is 7.11 Å². The Kier molecular flexibility index (Phi) is 9.18. The molecule has 0 radical (unpaired) electrons. The number of ether oxygens (including phenoxy) is 2. The van der Waals surface area contributed by atoms with Gasteiger partial charge in [0.25, 0.3) is 0 Å². The zero-order chi connectivity index (χ0) is 21.9. The molecule has 0 spiro atoms. The summed E-state index contributed by atoms with van der Waals surface area (Å²) in [4.78, 5) is 7.23. The lowest BCUT2D eigenvalue weighted by atomic mass is 10.1. The average molecular weight is 425 g/mol. The number of hydrogen-bond donors (Lipinski definition) is 2. The molecule has 0 unspecified atom stereocenters. The number of guanidine groups is 1. The van der Waals surface area contributed by atoms with E-state index in [0.717, 1.165) is 64.1 Å². The number of benzene rings is 2. The van der Waals surface area contributed by atoms with Gasteiger partial charge >= 0.3 is 0 Å². The Morgan fingerprint density at radius 3 is 2.68 bits per heavy atom. The second-order valence-corrected chi connectivity index (χ2v) is 7.90. The first kappa shape index (κ1) is 23.1. The summed E-state index contributed by atoms with van der Waals surface area (Å²) in [5, 5.41) is 6.80. The van der Waals surface area contributed by atoms with E-state index in [1.807, 2.05) is 6.07 Å². The Balaban J connectivity index is 1.55. The Labute approximate surface area is 186 Å². The molecule has 0 amide bonds. The molecule has 168 valence electrons. The summed E-state index contributed by atoms with van der Waals surface area (Å²) in [6.07, 6.45) is 0.879. The summed E-state index contributed by atoms with van der Waals surface area (Å²) in [5.74, 6) is 1.78. The van der Waals surface area contributed by atoms with E-state index in [2.05, 4.69) is 65.8 Å². The summed E-state index contributed by atoms with van der Waals surface area (Å²) in [6, 6.07) is 15.0. The maximum Gasteiger partial charge on any atom is 0.191 e. The minimum Gasteiger partial charge on any atom is -0.496 e. The molecule has 1 heterocycles. The number of nitrogens with one attached hydrogen (secondary N) is 2. The molecule has 0 aromatic heterocycles. The monoisotopic (exact) mass is 424 g/mol. The maximum atomic E-state index is 5.49. The highest BCUT2D eigenvalue weighted by Crippen LogP contribution is 2.19. The van der Waals surface area contributed by atoms with E-state index in [0.29, 0.717) is 6.54 Å². The highest BCUT2D eigenvalue weighted by Gasteiger charge is 2.11. The molecule has 6 heteroatoms. The smallest absolute Gasteiger partial charge is 0.191 e. The minimum atomic E-state index is 0.653. The zero-order valence-electron chi connectivity index (χ0n) is 19.1. The number of rotatable bonds is 9. The molecule has 2 aromatic rings. The molecule has 3 rings (SSSR count). The summed E-state index contributed by atoms with van der Waals surface area (Å²) in [7, 11) is 1.72. The molecule has 31 heavy (non-hydrogen) atoms. The van der Waals surface area contributed by atoms with E-state index >= 15 is 0 Å². The van der Waals surface area contributed by atoms with Gasteiger partial charge in [-0.2, -0.15) is 0 Å².